The Hall–Kier alpha value is -0.760. The van der Waals surface area contributed by atoms with E-state index in [1.165, 1.54) is 24.1 Å². The molecule has 1 rings (SSSR count). The summed E-state index contributed by atoms with van der Waals surface area (Å²) in [7, 11) is 0. The quantitative estimate of drug-likeness (QED) is 0.663. The summed E-state index contributed by atoms with van der Waals surface area (Å²) in [5.41, 5.74) is 2.87. The van der Waals surface area contributed by atoms with Gasteiger partial charge in [0.15, 0.2) is 0 Å². The first-order valence-electron chi connectivity index (χ1n) is 6.48. The van der Waals surface area contributed by atoms with Gasteiger partial charge >= 0.3 is 0 Å². The summed E-state index contributed by atoms with van der Waals surface area (Å²) >= 11 is 0. The second-order valence-corrected chi connectivity index (χ2v) is 4.38. The molecule has 0 atom stereocenters. The van der Waals surface area contributed by atoms with Gasteiger partial charge in [0.2, 0.25) is 0 Å². The van der Waals surface area contributed by atoms with Crippen molar-refractivity contribution < 1.29 is 4.74 Å². The highest BCUT2D eigenvalue weighted by Gasteiger charge is 2.11. The first-order chi connectivity index (χ1) is 7.77. The van der Waals surface area contributed by atoms with Crippen LogP contribution in [-0.4, -0.2) is 31.2 Å². The highest BCUT2D eigenvalue weighted by atomic mass is 16.5. The van der Waals surface area contributed by atoms with Crippen LogP contribution in [0.2, 0.25) is 0 Å². The summed E-state index contributed by atoms with van der Waals surface area (Å²) in [5, 5.41) is 0. The van der Waals surface area contributed by atoms with E-state index in [1.54, 1.807) is 0 Å². The van der Waals surface area contributed by atoms with Gasteiger partial charge in [-0.15, -0.1) is 0 Å². The fraction of sp³-hybridized carbons (Fsp3) is 0.714. The number of ether oxygens (including phenoxy) is 1. The van der Waals surface area contributed by atoms with Gasteiger partial charge in [-0.25, -0.2) is 0 Å². The lowest BCUT2D eigenvalue weighted by Crippen LogP contribution is -2.35. The van der Waals surface area contributed by atoms with Crippen molar-refractivity contribution in [3.8, 4) is 0 Å². The van der Waals surface area contributed by atoms with Crippen LogP contribution in [0.1, 0.15) is 40.0 Å². The third-order valence-electron chi connectivity index (χ3n) is 2.83. The normalized spacial score (nSPS) is 19.1. The molecule has 16 heavy (non-hydrogen) atoms. The Labute approximate surface area is 100.0 Å². The average Bonchev–Trinajstić information content (AvgIpc) is 2.30. The Kier molecular flexibility index (Phi) is 6.24. The fourth-order valence-electron chi connectivity index (χ4n) is 2.03. The molecule has 1 heterocycles. The Bertz CT molecular complexity index is 249. The zero-order chi connectivity index (χ0) is 11.8. The van der Waals surface area contributed by atoms with Gasteiger partial charge in [-0.2, -0.15) is 0 Å². The van der Waals surface area contributed by atoms with Gasteiger partial charge in [-0.05, 0) is 25.8 Å². The van der Waals surface area contributed by atoms with Gasteiger partial charge in [0.05, 0.1) is 13.2 Å². The van der Waals surface area contributed by atoms with Crippen LogP contribution in [0, 0.1) is 0 Å². The molecule has 0 unspecified atom stereocenters. The second-order valence-electron chi connectivity index (χ2n) is 4.38. The van der Waals surface area contributed by atoms with Crippen molar-refractivity contribution in [2.24, 2.45) is 0 Å². The van der Waals surface area contributed by atoms with Gasteiger partial charge in [0.1, 0.15) is 0 Å². The SMILES string of the molecule is CC/C=C(/C=C(\C)CCC)N1CCOCC1. The smallest absolute Gasteiger partial charge is 0.0642 e. The van der Waals surface area contributed by atoms with E-state index in [2.05, 4.69) is 37.8 Å². The number of hydrogen-bond acceptors (Lipinski definition) is 2. The second kappa shape index (κ2) is 7.50. The minimum absolute atomic E-state index is 0.863. The maximum absolute atomic E-state index is 5.39. The molecular weight excluding hydrogens is 198 g/mol. The number of rotatable bonds is 5. The monoisotopic (exact) mass is 223 g/mol. The lowest BCUT2D eigenvalue weighted by molar-refractivity contribution is 0.0552. The van der Waals surface area contributed by atoms with E-state index in [-0.39, 0.29) is 0 Å². The summed E-state index contributed by atoms with van der Waals surface area (Å²) in [6.07, 6.45) is 8.20. The van der Waals surface area contributed by atoms with Gasteiger partial charge in [0.25, 0.3) is 0 Å². The molecule has 0 saturated carbocycles. The molecule has 0 N–H and O–H groups in total. The van der Waals surface area contributed by atoms with Gasteiger partial charge in [0, 0.05) is 18.8 Å². The van der Waals surface area contributed by atoms with Crippen LogP contribution in [0.4, 0.5) is 0 Å². The molecule has 0 aromatic carbocycles. The van der Waals surface area contributed by atoms with Gasteiger partial charge in [-0.1, -0.05) is 31.9 Å². The van der Waals surface area contributed by atoms with Crippen LogP contribution in [0.5, 0.6) is 0 Å². The standard InChI is InChI=1S/C14H25NO/c1-4-6-13(3)12-14(7-5-2)15-8-10-16-11-9-15/h7,12H,4-6,8-11H2,1-3H3/b13-12+,14-7-. The van der Waals surface area contributed by atoms with Crippen molar-refractivity contribution in [2.75, 3.05) is 26.3 Å². The molecule has 2 heteroatoms. The lowest BCUT2D eigenvalue weighted by Gasteiger charge is -2.30. The largest absolute Gasteiger partial charge is 0.378 e. The van der Waals surface area contributed by atoms with Crippen LogP contribution in [0.25, 0.3) is 0 Å². The number of nitrogens with zero attached hydrogens (tertiary/aromatic N) is 1. The topological polar surface area (TPSA) is 12.5 Å². The molecule has 0 radical (unpaired) electrons. The average molecular weight is 223 g/mol. The first kappa shape index (κ1) is 13.3. The minimum Gasteiger partial charge on any atom is -0.378 e. The highest BCUT2D eigenvalue weighted by molar-refractivity contribution is 5.22. The van der Waals surface area contributed by atoms with E-state index in [4.69, 9.17) is 4.74 Å². The van der Waals surface area contributed by atoms with Gasteiger partial charge in [-0.3, -0.25) is 0 Å². The van der Waals surface area contributed by atoms with Crippen LogP contribution in [0.3, 0.4) is 0 Å². The number of morpholine rings is 1. The predicted molar refractivity (Wildman–Crippen MR) is 69.4 cm³/mol. The van der Waals surface area contributed by atoms with E-state index in [0.29, 0.717) is 0 Å². The molecule has 1 aliphatic rings. The highest BCUT2D eigenvalue weighted by Crippen LogP contribution is 2.14. The molecule has 0 aliphatic carbocycles. The molecule has 0 amide bonds. The predicted octanol–water partition coefficient (Wildman–Crippen LogP) is 3.36. The van der Waals surface area contributed by atoms with Crippen molar-refractivity contribution in [3.05, 3.63) is 23.4 Å². The Morgan fingerprint density at radius 1 is 1.25 bits per heavy atom. The molecule has 92 valence electrons. The van der Waals surface area contributed by atoms with E-state index in [1.807, 2.05) is 0 Å². The summed E-state index contributed by atoms with van der Waals surface area (Å²) < 4.78 is 5.39. The third kappa shape index (κ3) is 4.40. The number of allylic oxidation sites excluding steroid dienone is 3. The van der Waals surface area contributed by atoms with Crippen LogP contribution in [-0.2, 0) is 4.74 Å². The first-order valence-corrected chi connectivity index (χ1v) is 6.48. The van der Waals surface area contributed by atoms with Crippen molar-refractivity contribution in [1.82, 2.24) is 4.90 Å². The van der Waals surface area contributed by atoms with E-state index in [9.17, 15) is 0 Å². The van der Waals surface area contributed by atoms with Crippen molar-refractivity contribution in [2.45, 2.75) is 40.0 Å². The molecule has 1 saturated heterocycles. The molecule has 1 fully saturated rings. The Morgan fingerprint density at radius 3 is 2.50 bits per heavy atom. The molecule has 0 aromatic heterocycles. The summed E-state index contributed by atoms with van der Waals surface area (Å²) in [6, 6.07) is 0. The zero-order valence-corrected chi connectivity index (χ0v) is 11.0. The van der Waals surface area contributed by atoms with Crippen molar-refractivity contribution in [3.63, 3.8) is 0 Å². The summed E-state index contributed by atoms with van der Waals surface area (Å²) in [5.74, 6) is 0. The Balaban J connectivity index is 2.66. The molecule has 2 nitrogen and oxygen atoms in total. The summed E-state index contributed by atoms with van der Waals surface area (Å²) in [4.78, 5) is 2.44. The molecule has 0 aromatic rings. The zero-order valence-electron chi connectivity index (χ0n) is 11.0. The van der Waals surface area contributed by atoms with Crippen LogP contribution in [0.15, 0.2) is 23.4 Å². The molecule has 1 aliphatic heterocycles. The van der Waals surface area contributed by atoms with Crippen LogP contribution >= 0.6 is 0 Å². The van der Waals surface area contributed by atoms with Crippen molar-refractivity contribution in [1.29, 1.82) is 0 Å². The van der Waals surface area contributed by atoms with E-state index >= 15 is 0 Å². The Morgan fingerprint density at radius 2 is 1.94 bits per heavy atom. The molecule has 0 spiro atoms. The summed E-state index contributed by atoms with van der Waals surface area (Å²) in [6.45, 7) is 10.4. The molecular formula is C14H25NO. The fourth-order valence-corrected chi connectivity index (χ4v) is 2.03. The minimum atomic E-state index is 0.863. The van der Waals surface area contributed by atoms with Gasteiger partial charge < -0.3 is 9.64 Å². The lowest BCUT2D eigenvalue weighted by atomic mass is 10.1. The third-order valence-corrected chi connectivity index (χ3v) is 2.83. The molecule has 0 bridgehead atoms. The maximum Gasteiger partial charge on any atom is 0.0642 e. The van der Waals surface area contributed by atoms with Crippen LogP contribution < -0.4 is 0 Å². The van der Waals surface area contributed by atoms with Crippen molar-refractivity contribution >= 4 is 0 Å². The van der Waals surface area contributed by atoms with E-state index < -0.39 is 0 Å². The maximum atomic E-state index is 5.39. The number of hydrogen-bond donors (Lipinski definition) is 0. The van der Waals surface area contributed by atoms with E-state index in [0.717, 1.165) is 32.7 Å².